The third-order valence-corrected chi connectivity index (χ3v) is 3.57. The van der Waals surface area contributed by atoms with Crippen molar-refractivity contribution < 1.29 is 77.5 Å². The predicted octanol–water partition coefficient (Wildman–Crippen LogP) is -5.15. The Balaban J connectivity index is 0.00000338. The standard InChI is InChI=1S/C19H19NO5.2HI/c1-13(21)20-17(11-14-7-9-16(22)10-8-14)19(24)25-12-18(23)15-5-3-2-4-6-15;;/h2-10,17,22H,11-12H2,1H3,(H,20,21);2*1H/p-1/t17-;;/m0../s1. The van der Waals surface area contributed by atoms with Gasteiger partial charge in [0.1, 0.15) is 5.75 Å². The zero-order chi connectivity index (χ0) is 18.2. The van der Waals surface area contributed by atoms with Crippen molar-refractivity contribution in [3.05, 3.63) is 65.7 Å². The van der Waals surface area contributed by atoms with Crippen LogP contribution in [0.25, 0.3) is 0 Å². The van der Waals surface area contributed by atoms with Crippen molar-refractivity contribution in [2.45, 2.75) is 19.4 Å². The first-order chi connectivity index (χ1) is 12.0. The first-order valence-electron chi connectivity index (χ1n) is 7.84. The molecule has 2 rings (SSSR count). The highest BCUT2D eigenvalue weighted by Crippen LogP contribution is 2.11. The fourth-order valence-electron chi connectivity index (χ4n) is 2.33. The van der Waals surface area contributed by atoms with Gasteiger partial charge in [0.15, 0.2) is 18.4 Å². The number of carbonyl (C=O) groups is 3. The number of primary amides is 1. The number of nitrogens with two attached hydrogens (primary N) is 1. The number of aromatic hydroxyl groups is 1. The second-order valence-electron chi connectivity index (χ2n) is 5.65. The molecule has 0 radical (unpaired) electrons. The molecule has 27 heavy (non-hydrogen) atoms. The topological polar surface area (TPSA) is 97.3 Å². The van der Waals surface area contributed by atoms with Crippen molar-refractivity contribution in [1.82, 2.24) is 0 Å². The van der Waals surface area contributed by atoms with Crippen LogP contribution in [0.15, 0.2) is 54.6 Å². The monoisotopic (exact) mass is 596 g/mol. The summed E-state index contributed by atoms with van der Waals surface area (Å²) in [7, 11) is 0. The molecule has 2 aromatic carbocycles. The summed E-state index contributed by atoms with van der Waals surface area (Å²) in [6.07, 6.45) is 0.248. The van der Waals surface area contributed by atoms with Crippen LogP contribution in [0.2, 0.25) is 0 Å². The van der Waals surface area contributed by atoms with E-state index in [0.717, 1.165) is 5.56 Å². The lowest BCUT2D eigenvalue weighted by atomic mass is 10.1. The first-order valence-corrected chi connectivity index (χ1v) is 7.84. The Labute approximate surface area is 191 Å². The summed E-state index contributed by atoms with van der Waals surface area (Å²) >= 11 is 0. The number of hydrogen-bond donors (Lipinski definition) is 2. The fourth-order valence-corrected chi connectivity index (χ4v) is 2.33. The second-order valence-corrected chi connectivity index (χ2v) is 5.65. The molecule has 146 valence electrons. The van der Waals surface area contributed by atoms with Gasteiger partial charge in [-0.25, -0.2) is 9.59 Å². The smallest absolute Gasteiger partial charge is 0.366 e. The van der Waals surface area contributed by atoms with Crippen LogP contribution in [0.4, 0.5) is 0 Å². The largest absolute Gasteiger partial charge is 1.00 e. The number of rotatable bonds is 7. The molecule has 1 amide bonds. The minimum Gasteiger partial charge on any atom is -1.00 e. The van der Waals surface area contributed by atoms with Gasteiger partial charge in [-0.05, 0) is 17.7 Å². The van der Waals surface area contributed by atoms with Crippen molar-refractivity contribution in [1.29, 1.82) is 0 Å². The van der Waals surface area contributed by atoms with E-state index in [-0.39, 0.29) is 78.4 Å². The molecule has 0 bridgehead atoms. The number of amides is 1. The number of ketones is 1. The van der Waals surface area contributed by atoms with Gasteiger partial charge in [0.2, 0.25) is 0 Å². The molecule has 6 nitrogen and oxygen atoms in total. The maximum Gasteiger partial charge on any atom is 0.366 e. The van der Waals surface area contributed by atoms with Gasteiger partial charge in [0.25, 0.3) is 0 Å². The molecular formula is C19H20I2NO5-. The Morgan fingerprint density at radius 2 is 1.59 bits per heavy atom. The molecule has 0 aromatic heterocycles. The SMILES string of the molecule is CC(=O)[NH2+][C@@H](Cc1ccc(O)cc1)C(=O)OCC(=O)c1ccccc1.[I-].[I-]. The Bertz CT molecular complexity index is 750. The number of phenols is 1. The Hall–Kier alpha value is -1.53. The number of hydrogen-bond acceptors (Lipinski definition) is 5. The second kappa shape index (κ2) is 12.8. The van der Waals surface area contributed by atoms with Crippen molar-refractivity contribution in [2.24, 2.45) is 0 Å². The van der Waals surface area contributed by atoms with Crippen LogP contribution in [0, 0.1) is 0 Å². The molecule has 0 saturated heterocycles. The summed E-state index contributed by atoms with van der Waals surface area (Å²) in [6.45, 7) is 0.979. The Morgan fingerprint density at radius 3 is 2.15 bits per heavy atom. The molecule has 2 aromatic rings. The van der Waals surface area contributed by atoms with Crippen LogP contribution in [-0.4, -0.2) is 35.4 Å². The quantitative estimate of drug-likeness (QED) is 0.190. The van der Waals surface area contributed by atoms with Crippen LogP contribution < -0.4 is 53.3 Å². The Morgan fingerprint density at radius 1 is 1.00 bits per heavy atom. The summed E-state index contributed by atoms with van der Waals surface area (Å²) in [6, 6.07) is 14.1. The molecule has 3 N–H and O–H groups in total. The van der Waals surface area contributed by atoms with Crippen molar-refractivity contribution in [3.8, 4) is 5.75 Å². The van der Waals surface area contributed by atoms with E-state index in [1.54, 1.807) is 42.5 Å². The lowest BCUT2D eigenvalue weighted by Gasteiger charge is -2.13. The van der Waals surface area contributed by atoms with E-state index in [4.69, 9.17) is 4.74 Å². The lowest BCUT2D eigenvalue weighted by molar-refractivity contribution is -0.592. The summed E-state index contributed by atoms with van der Waals surface area (Å²) in [4.78, 5) is 35.7. The maximum absolute atomic E-state index is 12.3. The fraction of sp³-hybridized carbons (Fsp3) is 0.211. The molecule has 0 aliphatic heterocycles. The normalized spacial score (nSPS) is 10.7. The molecule has 0 spiro atoms. The van der Waals surface area contributed by atoms with Gasteiger partial charge in [-0.15, -0.1) is 0 Å². The van der Waals surface area contributed by atoms with Crippen LogP contribution in [-0.2, 0) is 20.7 Å². The molecule has 8 heteroatoms. The summed E-state index contributed by atoms with van der Waals surface area (Å²) in [5.74, 6) is -1.07. The number of ether oxygens (including phenoxy) is 1. The molecule has 0 aliphatic rings. The number of halogens is 2. The van der Waals surface area contributed by atoms with E-state index in [1.165, 1.54) is 24.4 Å². The molecule has 0 heterocycles. The molecule has 0 unspecified atom stereocenters. The van der Waals surface area contributed by atoms with Crippen LogP contribution in [0.1, 0.15) is 22.8 Å². The van der Waals surface area contributed by atoms with Gasteiger partial charge in [-0.3, -0.25) is 10.1 Å². The lowest BCUT2D eigenvalue weighted by Crippen LogP contribution is -3.00. The van der Waals surface area contributed by atoms with E-state index in [1.807, 2.05) is 0 Å². The number of quaternary nitrogens is 1. The third-order valence-electron chi connectivity index (χ3n) is 3.57. The number of Topliss-reactive ketones (excluding diaryl/α,β-unsaturated/α-hetero) is 1. The van der Waals surface area contributed by atoms with Crippen LogP contribution in [0.3, 0.4) is 0 Å². The third kappa shape index (κ3) is 8.80. The Kier molecular flexibility index (Phi) is 12.1. The number of phenolic OH excluding ortho intramolecular Hbond substituents is 1. The van der Waals surface area contributed by atoms with E-state index < -0.39 is 12.0 Å². The predicted molar refractivity (Wildman–Crippen MR) is 89.9 cm³/mol. The van der Waals surface area contributed by atoms with Crippen molar-refractivity contribution in [3.63, 3.8) is 0 Å². The van der Waals surface area contributed by atoms with E-state index in [2.05, 4.69) is 0 Å². The average molecular weight is 596 g/mol. The maximum atomic E-state index is 12.3. The highest BCUT2D eigenvalue weighted by molar-refractivity contribution is 5.98. The molecule has 0 fully saturated rings. The summed E-state index contributed by atoms with van der Waals surface area (Å²) in [5.41, 5.74) is 1.23. The van der Waals surface area contributed by atoms with Gasteiger partial charge in [-0.1, -0.05) is 42.5 Å². The van der Waals surface area contributed by atoms with Gasteiger partial charge in [0.05, 0.1) is 6.92 Å². The average Bonchev–Trinajstić information content (AvgIpc) is 2.61. The van der Waals surface area contributed by atoms with Crippen molar-refractivity contribution in [2.75, 3.05) is 6.61 Å². The van der Waals surface area contributed by atoms with Gasteiger partial charge >= 0.3 is 11.9 Å². The zero-order valence-corrected chi connectivity index (χ0v) is 18.9. The van der Waals surface area contributed by atoms with Crippen LogP contribution in [0.5, 0.6) is 5.75 Å². The summed E-state index contributed by atoms with van der Waals surface area (Å²) < 4.78 is 5.10. The van der Waals surface area contributed by atoms with E-state index >= 15 is 0 Å². The highest BCUT2D eigenvalue weighted by atomic mass is 127. The summed E-state index contributed by atoms with van der Waals surface area (Å²) in [5, 5.41) is 10.6. The zero-order valence-electron chi connectivity index (χ0n) is 14.6. The number of carbonyl (C=O) groups excluding carboxylic acids is 3. The number of benzene rings is 2. The highest BCUT2D eigenvalue weighted by Gasteiger charge is 2.26. The van der Waals surface area contributed by atoms with Gasteiger partial charge in [-0.2, -0.15) is 0 Å². The number of esters is 1. The first kappa shape index (κ1) is 25.5. The van der Waals surface area contributed by atoms with Gasteiger partial charge in [0, 0.05) is 12.0 Å². The van der Waals surface area contributed by atoms with E-state index in [9.17, 15) is 19.5 Å². The minimum absolute atomic E-state index is 0. The molecule has 0 saturated carbocycles. The van der Waals surface area contributed by atoms with E-state index in [0.29, 0.717) is 5.56 Å². The molecule has 1 atom stereocenters. The van der Waals surface area contributed by atoms with Crippen molar-refractivity contribution >= 4 is 17.7 Å². The van der Waals surface area contributed by atoms with Crippen LogP contribution >= 0.6 is 0 Å². The molecular weight excluding hydrogens is 576 g/mol. The minimum atomic E-state index is -0.786. The van der Waals surface area contributed by atoms with Gasteiger partial charge < -0.3 is 57.8 Å². The molecule has 0 aliphatic carbocycles.